The molecule has 0 bridgehead atoms. The van der Waals surface area contributed by atoms with Crippen molar-refractivity contribution >= 4 is 20.9 Å². The van der Waals surface area contributed by atoms with Crippen LogP contribution in [0.3, 0.4) is 0 Å². The van der Waals surface area contributed by atoms with E-state index in [-0.39, 0.29) is 23.2 Å². The van der Waals surface area contributed by atoms with Crippen molar-refractivity contribution in [3.05, 3.63) is 36.2 Å². The summed E-state index contributed by atoms with van der Waals surface area (Å²) < 4.78 is 84.3. The molecular weight excluding hydrogens is 490 g/mol. The zero-order valence-corrected chi connectivity index (χ0v) is 19.1. The third kappa shape index (κ3) is 4.94. The van der Waals surface area contributed by atoms with Gasteiger partial charge in [-0.15, -0.1) is 0 Å². The summed E-state index contributed by atoms with van der Waals surface area (Å²) in [5.41, 5.74) is 1.03. The molecule has 0 atom stereocenters. The minimum Gasteiger partial charge on any atom is -0.435 e. The van der Waals surface area contributed by atoms with Crippen molar-refractivity contribution in [3.63, 3.8) is 0 Å². The van der Waals surface area contributed by atoms with Gasteiger partial charge in [0.15, 0.2) is 5.82 Å². The van der Waals surface area contributed by atoms with Crippen LogP contribution in [0.1, 0.15) is 37.3 Å². The lowest BCUT2D eigenvalue weighted by Crippen LogP contribution is -2.38. The number of aromatic nitrogens is 3. The highest BCUT2D eigenvalue weighted by atomic mass is 32.2. The highest BCUT2D eigenvalue weighted by Crippen LogP contribution is 2.41. The van der Waals surface area contributed by atoms with Crippen LogP contribution in [0.25, 0.3) is 22.4 Å². The molecule has 186 valence electrons. The standard InChI is InChI=1S/C22H21F4N5O3S/c23-8-13(9-24)30-35(32,33)16-11-28-21(29-12-16)20-18(10-27)17-6-5-15(34-22(25)26)7-19(17)31(20)14-3-1-2-4-14/h5-7,11-14,22,30H,1-4,8-9H2. The Morgan fingerprint density at radius 1 is 1.17 bits per heavy atom. The second kappa shape index (κ2) is 10.2. The van der Waals surface area contributed by atoms with Gasteiger partial charge in [-0.05, 0) is 25.0 Å². The van der Waals surface area contributed by atoms with Crippen LogP contribution in [-0.4, -0.2) is 49.0 Å². The molecule has 1 N–H and O–H groups in total. The molecule has 1 fully saturated rings. The number of benzene rings is 1. The van der Waals surface area contributed by atoms with Crippen LogP contribution >= 0.6 is 0 Å². The lowest BCUT2D eigenvalue weighted by molar-refractivity contribution is -0.0497. The largest absolute Gasteiger partial charge is 0.435 e. The average Bonchev–Trinajstić information content (AvgIpc) is 3.47. The molecular formula is C22H21F4N5O3S. The van der Waals surface area contributed by atoms with Crippen molar-refractivity contribution in [2.45, 2.75) is 49.3 Å². The summed E-state index contributed by atoms with van der Waals surface area (Å²) in [5, 5.41) is 10.4. The molecule has 0 spiro atoms. The molecule has 2 aromatic heterocycles. The predicted molar refractivity (Wildman–Crippen MR) is 118 cm³/mol. The molecule has 1 aromatic carbocycles. The van der Waals surface area contributed by atoms with E-state index in [9.17, 15) is 31.2 Å². The Balaban J connectivity index is 1.84. The zero-order valence-electron chi connectivity index (χ0n) is 18.3. The second-order valence-corrected chi connectivity index (χ2v) is 9.78. The topological polar surface area (TPSA) is 110 Å². The van der Waals surface area contributed by atoms with E-state index in [1.54, 1.807) is 0 Å². The summed E-state index contributed by atoms with van der Waals surface area (Å²) >= 11 is 0. The first kappa shape index (κ1) is 24.9. The molecule has 0 radical (unpaired) electrons. The van der Waals surface area contributed by atoms with Crippen molar-refractivity contribution in [2.75, 3.05) is 13.3 Å². The minimum absolute atomic E-state index is 0.0486. The Morgan fingerprint density at radius 3 is 2.40 bits per heavy atom. The van der Waals surface area contributed by atoms with E-state index in [0.29, 0.717) is 16.6 Å². The van der Waals surface area contributed by atoms with Gasteiger partial charge in [0.2, 0.25) is 10.0 Å². The molecule has 0 amide bonds. The van der Waals surface area contributed by atoms with E-state index >= 15 is 0 Å². The molecule has 35 heavy (non-hydrogen) atoms. The average molecular weight is 512 g/mol. The van der Waals surface area contributed by atoms with Gasteiger partial charge in [0, 0.05) is 17.5 Å². The number of ether oxygens (including phenoxy) is 1. The van der Waals surface area contributed by atoms with E-state index in [0.717, 1.165) is 38.1 Å². The lowest BCUT2D eigenvalue weighted by Gasteiger charge is -2.18. The third-order valence-electron chi connectivity index (χ3n) is 5.85. The molecule has 1 aliphatic carbocycles. The van der Waals surface area contributed by atoms with Gasteiger partial charge >= 0.3 is 6.61 Å². The fourth-order valence-electron chi connectivity index (χ4n) is 4.31. The number of nitriles is 1. The number of hydrogen-bond acceptors (Lipinski definition) is 6. The Kier molecular flexibility index (Phi) is 7.23. The van der Waals surface area contributed by atoms with Crippen LogP contribution in [0.15, 0.2) is 35.5 Å². The first-order chi connectivity index (χ1) is 16.8. The van der Waals surface area contributed by atoms with E-state index in [4.69, 9.17) is 0 Å². The smallest absolute Gasteiger partial charge is 0.387 e. The highest BCUT2D eigenvalue weighted by Gasteiger charge is 2.29. The maximum absolute atomic E-state index is 12.8. The number of hydrogen-bond donors (Lipinski definition) is 1. The Hall–Kier alpha value is -3.24. The maximum atomic E-state index is 12.8. The van der Waals surface area contributed by atoms with Crippen molar-refractivity contribution in [1.29, 1.82) is 5.26 Å². The summed E-state index contributed by atoms with van der Waals surface area (Å²) in [6.07, 6.45) is 5.42. The lowest BCUT2D eigenvalue weighted by atomic mass is 10.1. The minimum atomic E-state index is -4.28. The molecule has 4 rings (SSSR count). The summed E-state index contributed by atoms with van der Waals surface area (Å²) in [7, 11) is -4.28. The van der Waals surface area contributed by atoms with Gasteiger partial charge in [0.25, 0.3) is 0 Å². The van der Waals surface area contributed by atoms with Crippen LogP contribution in [0.2, 0.25) is 0 Å². The summed E-state index contributed by atoms with van der Waals surface area (Å²) in [4.78, 5) is 7.88. The van der Waals surface area contributed by atoms with E-state index in [2.05, 4.69) is 20.8 Å². The maximum Gasteiger partial charge on any atom is 0.387 e. The summed E-state index contributed by atoms with van der Waals surface area (Å²) in [6, 6.07) is 4.82. The molecule has 3 aromatic rings. The Bertz CT molecular complexity index is 1350. The molecule has 13 heteroatoms. The van der Waals surface area contributed by atoms with E-state index in [1.165, 1.54) is 18.2 Å². The van der Waals surface area contributed by atoms with Crippen molar-refractivity contribution in [2.24, 2.45) is 0 Å². The van der Waals surface area contributed by atoms with Gasteiger partial charge < -0.3 is 9.30 Å². The number of fused-ring (bicyclic) bond motifs is 1. The highest BCUT2D eigenvalue weighted by molar-refractivity contribution is 7.89. The van der Waals surface area contributed by atoms with Crippen LogP contribution < -0.4 is 9.46 Å². The first-order valence-electron chi connectivity index (χ1n) is 10.8. The van der Waals surface area contributed by atoms with Gasteiger partial charge in [0.05, 0.1) is 29.5 Å². The molecule has 1 aliphatic rings. The van der Waals surface area contributed by atoms with Gasteiger partial charge in [-0.1, -0.05) is 12.8 Å². The SMILES string of the molecule is N#Cc1c(-c2ncc(S(=O)(=O)NC(CF)CF)cn2)n(C2CCCC2)c2cc(OC(F)F)ccc12. The van der Waals surface area contributed by atoms with Gasteiger partial charge in [-0.2, -0.15) is 14.0 Å². The summed E-state index contributed by atoms with van der Waals surface area (Å²) in [5.74, 6) is -0.0172. The first-order valence-corrected chi connectivity index (χ1v) is 12.3. The number of nitrogens with zero attached hydrogens (tertiary/aromatic N) is 4. The van der Waals surface area contributed by atoms with E-state index < -0.39 is 40.9 Å². The Labute approximate surface area is 198 Å². The number of alkyl halides is 4. The fourth-order valence-corrected chi connectivity index (χ4v) is 5.39. The second-order valence-electron chi connectivity index (χ2n) is 8.07. The predicted octanol–water partition coefficient (Wildman–Crippen LogP) is 4.27. The van der Waals surface area contributed by atoms with Gasteiger partial charge in [-0.25, -0.2) is 31.9 Å². The molecule has 8 nitrogen and oxygen atoms in total. The van der Waals surface area contributed by atoms with Gasteiger partial charge in [0.1, 0.15) is 35.8 Å². The van der Waals surface area contributed by atoms with Crippen LogP contribution in [0, 0.1) is 11.3 Å². The molecule has 1 saturated carbocycles. The van der Waals surface area contributed by atoms with Crippen molar-refractivity contribution in [3.8, 4) is 23.3 Å². The van der Waals surface area contributed by atoms with Crippen LogP contribution in [0.5, 0.6) is 5.75 Å². The Morgan fingerprint density at radius 2 is 1.83 bits per heavy atom. The fraction of sp³-hybridized carbons (Fsp3) is 0.409. The van der Waals surface area contributed by atoms with Crippen LogP contribution in [0.4, 0.5) is 17.6 Å². The van der Waals surface area contributed by atoms with Gasteiger partial charge in [-0.3, -0.25) is 0 Å². The molecule has 0 unspecified atom stereocenters. The zero-order chi connectivity index (χ0) is 25.2. The van der Waals surface area contributed by atoms with E-state index in [1.807, 2.05) is 9.29 Å². The summed E-state index contributed by atoms with van der Waals surface area (Å²) in [6.45, 7) is -5.46. The number of nitrogens with one attached hydrogen (secondary N) is 1. The molecule has 0 aliphatic heterocycles. The number of halogens is 4. The quantitative estimate of drug-likeness (QED) is 0.430. The number of rotatable bonds is 9. The van der Waals surface area contributed by atoms with Crippen molar-refractivity contribution < 1.29 is 30.7 Å². The third-order valence-corrected chi connectivity index (χ3v) is 7.32. The normalized spacial score (nSPS) is 14.8. The van der Waals surface area contributed by atoms with Crippen LogP contribution in [-0.2, 0) is 10.0 Å². The molecule has 0 saturated heterocycles. The van der Waals surface area contributed by atoms with Crippen molar-refractivity contribution in [1.82, 2.24) is 19.3 Å². The number of sulfonamides is 1. The monoisotopic (exact) mass is 511 g/mol. The molecule has 2 heterocycles.